The second kappa shape index (κ2) is 24.0. The molecule has 0 spiro atoms. The van der Waals surface area contributed by atoms with Crippen LogP contribution < -0.4 is 20.7 Å². The van der Waals surface area contributed by atoms with Crippen molar-refractivity contribution in [3.05, 3.63) is 205 Å². The highest BCUT2D eigenvalue weighted by Crippen LogP contribution is 2.44. The summed E-state index contributed by atoms with van der Waals surface area (Å²) >= 11 is 0. The number of rotatable bonds is 21. The molecule has 1 saturated carbocycles. The summed E-state index contributed by atoms with van der Waals surface area (Å²) < 4.78 is 29.0. The SMILES string of the molecule is C[C@@H]1CC[C@@H](C(C)(C)c2ccccc2)[C@H](OC(=O)/C=C/[C@H](C[C@@H](C[C@H](C=O)O[Si](c2ccccc2)(c2ccccc2)C(C)(C)C)OCc2ccccc2)O[Si](c2ccccc2)(c2ccccc2)C(C)(C)C)C1. The molecule has 0 heterocycles. The van der Waals surface area contributed by atoms with Gasteiger partial charge in [-0.05, 0) is 72.2 Å². The zero-order valence-corrected chi connectivity index (χ0v) is 46.2. The number of esters is 1. The third-order valence-corrected chi connectivity index (χ3v) is 25.3. The van der Waals surface area contributed by atoms with Crippen molar-refractivity contribution in [3.63, 3.8) is 0 Å². The average molecular weight is 999 g/mol. The lowest BCUT2D eigenvalue weighted by atomic mass is 9.64. The van der Waals surface area contributed by atoms with Crippen LogP contribution in [-0.4, -0.2) is 53.3 Å². The van der Waals surface area contributed by atoms with Gasteiger partial charge in [0.2, 0.25) is 0 Å². The van der Waals surface area contributed by atoms with E-state index in [1.807, 2.05) is 48.5 Å². The molecule has 0 unspecified atom stereocenters. The summed E-state index contributed by atoms with van der Waals surface area (Å²) in [6, 6.07) is 62.7. The molecule has 378 valence electrons. The van der Waals surface area contributed by atoms with Crippen LogP contribution in [0, 0.1) is 11.8 Å². The molecular formula is C64H78O6Si2. The number of hydrogen-bond acceptors (Lipinski definition) is 6. The largest absolute Gasteiger partial charge is 0.459 e. The molecular weight excluding hydrogens is 921 g/mol. The molecule has 0 saturated heterocycles. The predicted molar refractivity (Wildman–Crippen MR) is 300 cm³/mol. The van der Waals surface area contributed by atoms with E-state index in [9.17, 15) is 9.59 Å². The molecule has 0 aromatic heterocycles. The Hall–Kier alpha value is -5.49. The Morgan fingerprint density at radius 3 is 1.40 bits per heavy atom. The Morgan fingerprint density at radius 1 is 0.569 bits per heavy atom. The van der Waals surface area contributed by atoms with Gasteiger partial charge in [-0.15, -0.1) is 0 Å². The normalized spacial score (nSPS) is 18.3. The molecule has 6 atom stereocenters. The van der Waals surface area contributed by atoms with Gasteiger partial charge in [-0.25, -0.2) is 4.79 Å². The fourth-order valence-corrected chi connectivity index (χ4v) is 20.7. The zero-order chi connectivity index (χ0) is 51.4. The summed E-state index contributed by atoms with van der Waals surface area (Å²) in [7, 11) is -6.38. The van der Waals surface area contributed by atoms with E-state index >= 15 is 0 Å². The highest BCUT2D eigenvalue weighted by molar-refractivity contribution is 7.00. The zero-order valence-electron chi connectivity index (χ0n) is 44.2. The molecule has 0 radical (unpaired) electrons. The maximum absolute atomic E-state index is 14.5. The van der Waals surface area contributed by atoms with Gasteiger partial charge in [0.05, 0.1) is 18.8 Å². The Labute approximate surface area is 433 Å². The third kappa shape index (κ3) is 12.6. The molecule has 0 amide bonds. The van der Waals surface area contributed by atoms with Crippen molar-refractivity contribution < 1.29 is 27.9 Å². The van der Waals surface area contributed by atoms with Crippen LogP contribution in [-0.2, 0) is 39.9 Å². The van der Waals surface area contributed by atoms with Crippen LogP contribution >= 0.6 is 0 Å². The summed E-state index contributed by atoms with van der Waals surface area (Å²) in [5, 5.41) is 3.70. The topological polar surface area (TPSA) is 71.1 Å². The van der Waals surface area contributed by atoms with Crippen molar-refractivity contribution in [2.75, 3.05) is 0 Å². The van der Waals surface area contributed by atoms with Gasteiger partial charge in [-0.1, -0.05) is 251 Å². The molecule has 6 aromatic carbocycles. The van der Waals surface area contributed by atoms with E-state index < -0.39 is 34.9 Å². The number of carbonyl (C=O) groups excluding carboxylic acids is 2. The number of aldehydes is 1. The molecule has 72 heavy (non-hydrogen) atoms. The first kappa shape index (κ1) is 54.3. The summed E-state index contributed by atoms with van der Waals surface area (Å²) in [6.45, 7) is 20.6. The Morgan fingerprint density at radius 2 is 0.972 bits per heavy atom. The molecule has 0 aliphatic heterocycles. The van der Waals surface area contributed by atoms with E-state index in [1.165, 1.54) is 5.56 Å². The highest BCUT2D eigenvalue weighted by Gasteiger charge is 2.53. The van der Waals surface area contributed by atoms with Crippen molar-refractivity contribution in [1.82, 2.24) is 0 Å². The summed E-state index contributed by atoms with van der Waals surface area (Å²) in [6.07, 6.45) is 5.63. The molecule has 1 fully saturated rings. The van der Waals surface area contributed by atoms with Crippen LogP contribution in [0.2, 0.25) is 10.1 Å². The van der Waals surface area contributed by atoms with Gasteiger partial charge in [0.1, 0.15) is 18.5 Å². The first-order valence-corrected chi connectivity index (χ1v) is 29.9. The lowest BCUT2D eigenvalue weighted by Crippen LogP contribution is -2.68. The van der Waals surface area contributed by atoms with Gasteiger partial charge in [0.25, 0.3) is 16.6 Å². The average Bonchev–Trinajstić information content (AvgIpc) is 3.38. The van der Waals surface area contributed by atoms with E-state index in [0.29, 0.717) is 18.9 Å². The first-order valence-electron chi connectivity index (χ1n) is 26.1. The van der Waals surface area contributed by atoms with E-state index in [2.05, 4.69) is 202 Å². The number of hydrogen-bond donors (Lipinski definition) is 0. The molecule has 0 N–H and O–H groups in total. The van der Waals surface area contributed by atoms with Crippen LogP contribution in [0.3, 0.4) is 0 Å². The van der Waals surface area contributed by atoms with Crippen LogP contribution in [0.4, 0.5) is 0 Å². The molecule has 6 nitrogen and oxygen atoms in total. The van der Waals surface area contributed by atoms with E-state index in [4.69, 9.17) is 18.3 Å². The molecule has 8 heteroatoms. The monoisotopic (exact) mass is 999 g/mol. The second-order valence-electron chi connectivity index (χ2n) is 22.6. The van der Waals surface area contributed by atoms with E-state index in [1.54, 1.807) is 6.08 Å². The standard InChI is InChI=1S/C64H78O6Si2/c1-49-40-42-59(64(8,9)51-30-18-11-19-31-51)60(44-49)68-61(66)43-41-52(69-71(62(2,3)4,55-32-20-12-21-33-55)56-34-22-13-23-35-56)45-53(67-48-50-28-16-10-17-29-50)46-54(47-65)70-72(63(5,6)7,57-36-24-14-25-37-57)58-38-26-15-27-39-58/h10-39,41,43,47,49,52-54,59-60H,40,42,44-46,48H2,1-9H3/b43-41+/t49-,52-,53+,54-,59-,60-/m1/s1. The van der Waals surface area contributed by atoms with Crippen LogP contribution in [0.15, 0.2) is 194 Å². The molecule has 7 rings (SSSR count). The lowest BCUT2D eigenvalue weighted by molar-refractivity contribution is -0.150. The third-order valence-electron chi connectivity index (χ3n) is 15.2. The first-order chi connectivity index (χ1) is 34.5. The van der Waals surface area contributed by atoms with Crippen molar-refractivity contribution in [3.8, 4) is 0 Å². The minimum atomic E-state index is -3.22. The molecule has 1 aliphatic rings. The number of benzene rings is 6. The maximum Gasteiger partial charge on any atom is 0.330 e. The summed E-state index contributed by atoms with van der Waals surface area (Å²) in [5.41, 5.74) is 2.05. The quantitative estimate of drug-likeness (QED) is 0.0310. The smallest absolute Gasteiger partial charge is 0.330 e. The van der Waals surface area contributed by atoms with Crippen LogP contribution in [0.1, 0.15) is 106 Å². The van der Waals surface area contributed by atoms with Gasteiger partial charge < -0.3 is 23.1 Å². The minimum absolute atomic E-state index is 0.143. The Kier molecular flexibility index (Phi) is 18.1. The van der Waals surface area contributed by atoms with E-state index in [-0.39, 0.29) is 39.9 Å². The van der Waals surface area contributed by atoms with Crippen molar-refractivity contribution in [1.29, 1.82) is 0 Å². The van der Waals surface area contributed by atoms with Crippen LogP contribution in [0.5, 0.6) is 0 Å². The van der Waals surface area contributed by atoms with Gasteiger partial charge in [-0.2, -0.15) is 0 Å². The second-order valence-corrected chi connectivity index (χ2v) is 31.1. The number of ether oxygens (including phenoxy) is 2. The maximum atomic E-state index is 14.5. The van der Waals surface area contributed by atoms with Gasteiger partial charge in [-0.3, -0.25) is 0 Å². The fraction of sp³-hybridized carbons (Fsp3) is 0.375. The van der Waals surface area contributed by atoms with Crippen LogP contribution in [0.25, 0.3) is 0 Å². The molecule has 6 aromatic rings. The van der Waals surface area contributed by atoms with E-state index in [0.717, 1.165) is 51.9 Å². The fourth-order valence-electron chi connectivity index (χ4n) is 11.4. The van der Waals surface area contributed by atoms with Gasteiger partial charge in [0.15, 0.2) is 0 Å². The van der Waals surface area contributed by atoms with Crippen molar-refractivity contribution in [2.24, 2.45) is 11.8 Å². The van der Waals surface area contributed by atoms with Crippen molar-refractivity contribution >= 4 is 49.6 Å². The summed E-state index contributed by atoms with van der Waals surface area (Å²) in [4.78, 5) is 28.3. The minimum Gasteiger partial charge on any atom is -0.459 e. The van der Waals surface area contributed by atoms with Gasteiger partial charge >= 0.3 is 5.97 Å². The number of carbonyl (C=O) groups is 2. The molecule has 1 aliphatic carbocycles. The van der Waals surface area contributed by atoms with Gasteiger partial charge in [0, 0.05) is 24.8 Å². The Bertz CT molecular complexity index is 2530. The lowest BCUT2D eigenvalue weighted by Gasteiger charge is -2.46. The molecule has 0 bridgehead atoms. The summed E-state index contributed by atoms with van der Waals surface area (Å²) in [5.74, 6) is 0.186. The van der Waals surface area contributed by atoms with Crippen molar-refractivity contribution in [2.45, 2.75) is 141 Å². The highest BCUT2D eigenvalue weighted by atomic mass is 28.4. The Balaban J connectivity index is 1.31. The predicted octanol–water partition coefficient (Wildman–Crippen LogP) is 12.3.